The molecule has 63 heavy (non-hydrogen) atoms. The number of rotatable bonds is 31. The molecule has 1 fully saturated rings. The molecule has 23 heteroatoms. The van der Waals surface area contributed by atoms with Crippen molar-refractivity contribution in [2.24, 2.45) is 45.3 Å². The first-order valence-electron chi connectivity index (χ1n) is 22.1. The van der Waals surface area contributed by atoms with Crippen LogP contribution < -0.4 is 66.3 Å². The SMILES string of the molecule is CC(C)[C@H](NC(=O)[C@H](CCCCN)NC(=O)[C@H](CCCN=C(N)N)NC(=O)[C@H](CCCCN)NC(=O)[C@H](CCCCN)NC(=O)[C@@H]1CCCN1C(=O)[C@H](C)NC(=O)[C@H](C)N)C(=O)O. The number of carbonyl (C=O) groups is 8. The fourth-order valence-electron chi connectivity index (χ4n) is 6.87. The summed E-state index contributed by atoms with van der Waals surface area (Å²) >= 11 is 0. The van der Waals surface area contributed by atoms with Crippen LogP contribution in [0.15, 0.2) is 4.99 Å². The van der Waals surface area contributed by atoms with Crippen molar-refractivity contribution in [3.05, 3.63) is 0 Å². The normalized spacial score (nSPS) is 16.9. The lowest BCUT2D eigenvalue weighted by atomic mass is 10.0. The average Bonchev–Trinajstić information content (AvgIpc) is 3.72. The molecule has 0 bridgehead atoms. The Morgan fingerprint density at radius 2 is 1.05 bits per heavy atom. The van der Waals surface area contributed by atoms with E-state index in [4.69, 9.17) is 34.4 Å². The number of likely N-dealkylation sites (tertiary alicyclic amines) is 1. The number of amides is 7. The third-order valence-corrected chi connectivity index (χ3v) is 10.5. The van der Waals surface area contributed by atoms with Crippen molar-refractivity contribution in [3.8, 4) is 0 Å². The van der Waals surface area contributed by atoms with Gasteiger partial charge < -0.3 is 76.3 Å². The minimum Gasteiger partial charge on any atom is -0.480 e. The van der Waals surface area contributed by atoms with Crippen molar-refractivity contribution >= 4 is 53.3 Å². The zero-order valence-corrected chi connectivity index (χ0v) is 37.5. The summed E-state index contributed by atoms with van der Waals surface area (Å²) in [5.74, 6) is -6.40. The van der Waals surface area contributed by atoms with Gasteiger partial charge in [0, 0.05) is 13.1 Å². The van der Waals surface area contributed by atoms with Crippen molar-refractivity contribution in [1.82, 2.24) is 36.8 Å². The molecule has 1 aliphatic rings. The first-order chi connectivity index (χ1) is 29.8. The summed E-state index contributed by atoms with van der Waals surface area (Å²) in [5, 5.41) is 25.6. The lowest BCUT2D eigenvalue weighted by Gasteiger charge is -2.29. The summed E-state index contributed by atoms with van der Waals surface area (Å²) in [5.41, 5.74) is 33.7. The van der Waals surface area contributed by atoms with Crippen molar-refractivity contribution in [2.75, 3.05) is 32.7 Å². The van der Waals surface area contributed by atoms with Crippen LogP contribution in [0.2, 0.25) is 0 Å². The Labute approximate surface area is 370 Å². The maximum atomic E-state index is 14.1. The van der Waals surface area contributed by atoms with Gasteiger partial charge in [-0.1, -0.05) is 13.8 Å². The molecule has 0 aliphatic carbocycles. The minimum atomic E-state index is -1.27. The Hall–Kier alpha value is -5.13. The Morgan fingerprint density at radius 1 is 0.619 bits per heavy atom. The van der Waals surface area contributed by atoms with Gasteiger partial charge in [0.15, 0.2) is 5.96 Å². The number of aliphatic imine (C=N–C) groups is 1. The summed E-state index contributed by atoms with van der Waals surface area (Å²) < 4.78 is 0. The first kappa shape index (κ1) is 55.9. The number of carbonyl (C=O) groups excluding carboxylic acids is 7. The number of nitrogens with one attached hydrogen (secondary N) is 6. The molecule has 23 nitrogen and oxygen atoms in total. The lowest BCUT2D eigenvalue weighted by Crippen LogP contribution is -2.60. The second-order valence-electron chi connectivity index (χ2n) is 16.3. The smallest absolute Gasteiger partial charge is 0.326 e. The van der Waals surface area contributed by atoms with E-state index in [-0.39, 0.29) is 51.2 Å². The van der Waals surface area contributed by atoms with Crippen LogP contribution in [-0.2, 0) is 38.4 Å². The van der Waals surface area contributed by atoms with Crippen LogP contribution >= 0.6 is 0 Å². The number of guanidine groups is 1. The van der Waals surface area contributed by atoms with Crippen LogP contribution in [0.3, 0.4) is 0 Å². The van der Waals surface area contributed by atoms with Crippen LogP contribution in [0.4, 0.5) is 0 Å². The molecule has 19 N–H and O–H groups in total. The van der Waals surface area contributed by atoms with E-state index in [1.165, 1.54) is 18.7 Å². The molecule has 0 unspecified atom stereocenters. The minimum absolute atomic E-state index is 0.000624. The maximum Gasteiger partial charge on any atom is 0.326 e. The Morgan fingerprint density at radius 3 is 1.44 bits per heavy atom. The standard InChI is InChI=1S/C40H76N14O9/c1-23(2)31(39(62)63)53-36(59)28(15-7-10-20-43)50-35(58)29(16-11-21-47-40(45)46)51-33(56)26(13-5-8-18-41)49-34(57)27(14-6-9-19-42)52-37(60)30-17-12-22-54(30)38(61)25(4)48-32(55)24(3)44/h23-31H,5-22,41-44H2,1-4H3,(H,48,55)(H,49,57)(H,50,58)(H,51,56)(H,52,60)(H,53,59)(H,62,63)(H4,45,46,47)/t24-,25-,26-,27-,28-,29-,30-,31-/m0/s1. The predicted molar refractivity (Wildman–Crippen MR) is 237 cm³/mol. The zero-order chi connectivity index (χ0) is 47.6. The van der Waals surface area contributed by atoms with Gasteiger partial charge in [-0.15, -0.1) is 0 Å². The highest BCUT2D eigenvalue weighted by molar-refractivity contribution is 5.97. The summed E-state index contributed by atoms with van der Waals surface area (Å²) in [7, 11) is 0. The number of aliphatic carboxylic acids is 1. The Balaban J connectivity index is 3.42. The van der Waals surface area contributed by atoms with Gasteiger partial charge in [-0.2, -0.15) is 0 Å². The second-order valence-corrected chi connectivity index (χ2v) is 16.3. The summed E-state index contributed by atoms with van der Waals surface area (Å²) in [6.07, 6.45) is 4.23. The molecule has 360 valence electrons. The van der Waals surface area contributed by atoms with E-state index < -0.39 is 102 Å². The molecule has 0 radical (unpaired) electrons. The number of carboxylic acid groups (broad SMARTS) is 1. The average molecular weight is 897 g/mol. The molecule has 0 aromatic rings. The highest BCUT2D eigenvalue weighted by atomic mass is 16.4. The van der Waals surface area contributed by atoms with Gasteiger partial charge >= 0.3 is 5.97 Å². The fraction of sp³-hybridized carbons (Fsp3) is 0.775. The second kappa shape index (κ2) is 30.0. The summed E-state index contributed by atoms with van der Waals surface area (Å²) in [6.45, 7) is 7.52. The Kier molecular flexibility index (Phi) is 26.7. The number of hydrogen-bond donors (Lipinski definition) is 13. The first-order valence-corrected chi connectivity index (χ1v) is 22.1. The van der Waals surface area contributed by atoms with Crippen LogP contribution in [-0.4, -0.2) is 144 Å². The largest absolute Gasteiger partial charge is 0.480 e. The van der Waals surface area contributed by atoms with E-state index in [1.807, 2.05) is 0 Å². The predicted octanol–water partition coefficient (Wildman–Crippen LogP) is -3.57. The van der Waals surface area contributed by atoms with Gasteiger partial charge in [-0.05, 0) is 123 Å². The molecule has 7 amide bonds. The van der Waals surface area contributed by atoms with Crippen molar-refractivity contribution < 1.29 is 43.5 Å². The molecule has 0 spiro atoms. The van der Waals surface area contributed by atoms with E-state index in [0.717, 1.165) is 0 Å². The molecule has 8 atom stereocenters. The van der Waals surface area contributed by atoms with Crippen LogP contribution in [0.1, 0.15) is 111 Å². The number of unbranched alkanes of at least 4 members (excludes halogenated alkanes) is 3. The van der Waals surface area contributed by atoms with Crippen molar-refractivity contribution in [3.63, 3.8) is 0 Å². The topological polar surface area (TPSA) is 401 Å². The molecule has 1 rings (SSSR count). The van der Waals surface area contributed by atoms with Gasteiger partial charge in [0.2, 0.25) is 41.4 Å². The van der Waals surface area contributed by atoms with E-state index in [2.05, 4.69) is 36.9 Å². The lowest BCUT2D eigenvalue weighted by molar-refractivity contribution is -0.143. The number of nitrogens with zero attached hydrogens (tertiary/aromatic N) is 2. The van der Waals surface area contributed by atoms with E-state index in [0.29, 0.717) is 71.0 Å². The zero-order valence-electron chi connectivity index (χ0n) is 37.5. The van der Waals surface area contributed by atoms with Crippen molar-refractivity contribution in [1.29, 1.82) is 0 Å². The number of hydrogen-bond acceptors (Lipinski definition) is 13. The maximum absolute atomic E-state index is 14.1. The highest BCUT2D eigenvalue weighted by Crippen LogP contribution is 2.20. The third-order valence-electron chi connectivity index (χ3n) is 10.5. The Bertz CT molecular complexity index is 1530. The molecule has 1 heterocycles. The molecule has 1 saturated heterocycles. The molecule has 0 saturated carbocycles. The number of carboxylic acids is 1. The van der Waals surface area contributed by atoms with E-state index in [9.17, 15) is 43.5 Å². The molecule has 0 aromatic carbocycles. The molecular weight excluding hydrogens is 821 g/mol. The van der Waals surface area contributed by atoms with Crippen LogP contribution in [0.5, 0.6) is 0 Å². The molecule has 1 aliphatic heterocycles. The van der Waals surface area contributed by atoms with Gasteiger partial charge in [-0.3, -0.25) is 38.6 Å². The summed E-state index contributed by atoms with van der Waals surface area (Å²) in [6, 6.07) is -8.77. The van der Waals surface area contributed by atoms with Gasteiger partial charge in [0.1, 0.15) is 42.3 Å². The summed E-state index contributed by atoms with van der Waals surface area (Å²) in [4.78, 5) is 112. The quantitative estimate of drug-likeness (QED) is 0.0182. The van der Waals surface area contributed by atoms with Crippen LogP contribution in [0, 0.1) is 5.92 Å². The van der Waals surface area contributed by atoms with Gasteiger partial charge in [-0.25, -0.2) is 4.79 Å². The van der Waals surface area contributed by atoms with E-state index >= 15 is 0 Å². The monoisotopic (exact) mass is 897 g/mol. The van der Waals surface area contributed by atoms with Gasteiger partial charge in [0.05, 0.1) is 6.04 Å². The molecular formula is C40H76N14O9. The highest BCUT2D eigenvalue weighted by Gasteiger charge is 2.39. The van der Waals surface area contributed by atoms with E-state index in [1.54, 1.807) is 13.8 Å². The van der Waals surface area contributed by atoms with Crippen LogP contribution in [0.25, 0.3) is 0 Å². The fourth-order valence-corrected chi connectivity index (χ4v) is 6.87. The number of nitrogens with two attached hydrogens (primary N) is 6. The molecule has 0 aromatic heterocycles. The third kappa shape index (κ3) is 20.7. The van der Waals surface area contributed by atoms with Gasteiger partial charge in [0.25, 0.3) is 0 Å². The van der Waals surface area contributed by atoms with Crippen molar-refractivity contribution in [2.45, 2.75) is 160 Å².